The van der Waals surface area contributed by atoms with E-state index in [1.165, 1.54) is 11.8 Å². The van der Waals surface area contributed by atoms with Gasteiger partial charge in [0.1, 0.15) is 0 Å². The van der Waals surface area contributed by atoms with Crippen LogP contribution in [0.4, 0.5) is 0 Å². The number of aromatic nitrogens is 4. The topological polar surface area (TPSA) is 119 Å². The number of nitrogens with one attached hydrogen (secondary N) is 1. The number of hydrogen-bond donors (Lipinski definition) is 3. The molecule has 0 fully saturated rings. The SMILES string of the molecule is NNC(=O)CSc1nnc(-c2cccnc2)n1CCO. The summed E-state index contributed by atoms with van der Waals surface area (Å²) in [6.07, 6.45) is 3.33. The number of rotatable bonds is 6. The number of carbonyl (C=O) groups excluding carboxylic acids is 1. The fourth-order valence-corrected chi connectivity index (χ4v) is 2.35. The van der Waals surface area contributed by atoms with Crippen molar-refractivity contribution in [2.75, 3.05) is 12.4 Å². The van der Waals surface area contributed by atoms with Crippen molar-refractivity contribution in [2.24, 2.45) is 5.84 Å². The standard InChI is InChI=1S/C11H14N6O2S/c12-14-9(19)7-20-11-16-15-10(17(11)4-5-18)8-2-1-3-13-6-8/h1-3,6,18H,4-5,7,12H2,(H,14,19). The molecule has 0 aromatic carbocycles. The highest BCUT2D eigenvalue weighted by atomic mass is 32.2. The number of hydrogen-bond acceptors (Lipinski definition) is 7. The minimum atomic E-state index is -0.309. The first kappa shape index (κ1) is 14.4. The molecule has 8 nitrogen and oxygen atoms in total. The highest BCUT2D eigenvalue weighted by Gasteiger charge is 2.15. The molecule has 4 N–H and O–H groups in total. The zero-order chi connectivity index (χ0) is 14.4. The van der Waals surface area contributed by atoms with Crippen molar-refractivity contribution in [3.05, 3.63) is 24.5 Å². The summed E-state index contributed by atoms with van der Waals surface area (Å²) >= 11 is 1.20. The van der Waals surface area contributed by atoms with Crippen molar-refractivity contribution in [1.29, 1.82) is 0 Å². The Morgan fingerprint density at radius 1 is 1.50 bits per heavy atom. The first-order valence-electron chi connectivity index (χ1n) is 5.83. The Morgan fingerprint density at radius 3 is 3.00 bits per heavy atom. The van der Waals surface area contributed by atoms with Gasteiger partial charge >= 0.3 is 0 Å². The van der Waals surface area contributed by atoms with E-state index in [1.807, 2.05) is 11.5 Å². The van der Waals surface area contributed by atoms with Crippen molar-refractivity contribution >= 4 is 17.7 Å². The van der Waals surface area contributed by atoms with Crippen molar-refractivity contribution in [2.45, 2.75) is 11.7 Å². The van der Waals surface area contributed by atoms with Gasteiger partial charge in [-0.2, -0.15) is 0 Å². The lowest BCUT2D eigenvalue weighted by molar-refractivity contribution is -0.118. The first-order chi connectivity index (χ1) is 9.76. The third-order valence-corrected chi connectivity index (χ3v) is 3.42. The van der Waals surface area contributed by atoms with Crippen LogP contribution in [0.1, 0.15) is 0 Å². The Morgan fingerprint density at radius 2 is 2.35 bits per heavy atom. The number of pyridine rings is 1. The number of aliphatic hydroxyl groups is 1. The van der Waals surface area contributed by atoms with Gasteiger partial charge in [-0.15, -0.1) is 10.2 Å². The lowest BCUT2D eigenvalue weighted by Crippen LogP contribution is -2.31. The molecule has 2 aromatic rings. The molecule has 0 spiro atoms. The summed E-state index contributed by atoms with van der Waals surface area (Å²) in [7, 11) is 0. The van der Waals surface area contributed by atoms with E-state index in [4.69, 9.17) is 10.9 Å². The summed E-state index contributed by atoms with van der Waals surface area (Å²) in [5.41, 5.74) is 2.84. The van der Waals surface area contributed by atoms with Crippen molar-refractivity contribution < 1.29 is 9.90 Å². The summed E-state index contributed by atoms with van der Waals surface area (Å²) in [6, 6.07) is 3.65. The largest absolute Gasteiger partial charge is 0.395 e. The van der Waals surface area contributed by atoms with Crippen LogP contribution in [-0.4, -0.2) is 43.1 Å². The molecular formula is C11H14N6O2S. The van der Waals surface area contributed by atoms with Crippen LogP contribution in [0.5, 0.6) is 0 Å². The fourth-order valence-electron chi connectivity index (χ4n) is 1.58. The molecule has 0 aliphatic rings. The average molecular weight is 294 g/mol. The molecule has 1 amide bonds. The van der Waals surface area contributed by atoms with Crippen LogP contribution >= 0.6 is 11.8 Å². The molecule has 2 heterocycles. The summed E-state index contributed by atoms with van der Waals surface area (Å²) in [5, 5.41) is 17.8. The highest BCUT2D eigenvalue weighted by molar-refractivity contribution is 7.99. The number of nitrogens with two attached hydrogens (primary N) is 1. The predicted molar refractivity (Wildman–Crippen MR) is 73.4 cm³/mol. The van der Waals surface area contributed by atoms with Gasteiger partial charge < -0.3 is 5.11 Å². The quantitative estimate of drug-likeness (QED) is 0.282. The molecule has 0 aliphatic carbocycles. The van der Waals surface area contributed by atoms with Gasteiger partial charge in [-0.3, -0.25) is 19.8 Å². The normalized spacial score (nSPS) is 10.5. The Bertz CT molecular complexity index is 574. The molecule has 9 heteroatoms. The molecule has 0 unspecified atom stereocenters. The third-order valence-electron chi connectivity index (χ3n) is 2.45. The Labute approximate surface area is 119 Å². The van der Waals surface area contributed by atoms with Gasteiger partial charge in [-0.05, 0) is 12.1 Å². The molecule has 0 atom stereocenters. The van der Waals surface area contributed by atoms with Crippen molar-refractivity contribution in [3.63, 3.8) is 0 Å². The third kappa shape index (κ3) is 3.32. The minimum Gasteiger partial charge on any atom is -0.395 e. The lowest BCUT2D eigenvalue weighted by atomic mass is 10.3. The average Bonchev–Trinajstić information content (AvgIpc) is 2.89. The van der Waals surface area contributed by atoms with E-state index in [9.17, 15) is 4.79 Å². The summed E-state index contributed by atoms with van der Waals surface area (Å²) in [4.78, 5) is 15.2. The van der Waals surface area contributed by atoms with Crippen LogP contribution in [0.2, 0.25) is 0 Å². The molecule has 0 aliphatic heterocycles. The van der Waals surface area contributed by atoms with E-state index in [0.717, 1.165) is 5.56 Å². The minimum absolute atomic E-state index is 0.0536. The van der Waals surface area contributed by atoms with Crippen LogP contribution in [0, 0.1) is 0 Å². The summed E-state index contributed by atoms with van der Waals surface area (Å²) in [6.45, 7) is 0.283. The van der Waals surface area contributed by atoms with Crippen LogP contribution in [0.15, 0.2) is 29.7 Å². The maximum atomic E-state index is 11.2. The van der Waals surface area contributed by atoms with Crippen molar-refractivity contribution in [1.82, 2.24) is 25.2 Å². The molecule has 0 radical (unpaired) electrons. The molecule has 0 bridgehead atoms. The number of thioether (sulfide) groups is 1. The zero-order valence-corrected chi connectivity index (χ0v) is 11.4. The molecule has 2 rings (SSSR count). The second-order valence-corrected chi connectivity index (χ2v) is 4.72. The second kappa shape index (κ2) is 6.98. The Balaban J connectivity index is 2.25. The Kier molecular flexibility index (Phi) is 5.04. The van der Waals surface area contributed by atoms with Gasteiger partial charge in [-0.1, -0.05) is 11.8 Å². The van der Waals surface area contributed by atoms with E-state index < -0.39 is 0 Å². The van der Waals surface area contributed by atoms with Gasteiger partial charge in [0.2, 0.25) is 5.91 Å². The van der Waals surface area contributed by atoms with E-state index in [0.29, 0.717) is 17.5 Å². The molecule has 20 heavy (non-hydrogen) atoms. The number of amides is 1. The van der Waals surface area contributed by atoms with Gasteiger partial charge in [-0.25, -0.2) is 5.84 Å². The van der Waals surface area contributed by atoms with Crippen LogP contribution in [-0.2, 0) is 11.3 Å². The molecule has 0 saturated carbocycles. The molecule has 0 saturated heterocycles. The predicted octanol–water partition coefficient (Wildman–Crippen LogP) is -0.586. The van der Waals surface area contributed by atoms with Crippen LogP contribution in [0.3, 0.4) is 0 Å². The smallest absolute Gasteiger partial charge is 0.244 e. The van der Waals surface area contributed by atoms with Crippen LogP contribution < -0.4 is 11.3 Å². The second-order valence-electron chi connectivity index (χ2n) is 3.78. The first-order valence-corrected chi connectivity index (χ1v) is 6.81. The zero-order valence-electron chi connectivity index (χ0n) is 10.6. The lowest BCUT2D eigenvalue weighted by Gasteiger charge is -2.07. The maximum Gasteiger partial charge on any atom is 0.244 e. The van der Waals surface area contributed by atoms with Gasteiger partial charge in [0.05, 0.1) is 12.4 Å². The number of carbonyl (C=O) groups is 1. The maximum absolute atomic E-state index is 11.2. The molecular weight excluding hydrogens is 280 g/mol. The van der Waals surface area contributed by atoms with Gasteiger partial charge in [0.25, 0.3) is 0 Å². The Hall–Kier alpha value is -1.97. The number of nitrogens with zero attached hydrogens (tertiary/aromatic N) is 4. The number of aliphatic hydroxyl groups excluding tert-OH is 1. The summed E-state index contributed by atoms with van der Waals surface area (Å²) < 4.78 is 1.74. The van der Waals surface area contributed by atoms with E-state index in [-0.39, 0.29) is 18.3 Å². The van der Waals surface area contributed by atoms with Crippen LogP contribution in [0.25, 0.3) is 11.4 Å². The monoisotopic (exact) mass is 294 g/mol. The molecule has 106 valence electrons. The van der Waals surface area contributed by atoms with Crippen molar-refractivity contribution in [3.8, 4) is 11.4 Å². The molecule has 2 aromatic heterocycles. The van der Waals surface area contributed by atoms with E-state index >= 15 is 0 Å². The van der Waals surface area contributed by atoms with E-state index in [1.54, 1.807) is 23.0 Å². The fraction of sp³-hybridized carbons (Fsp3) is 0.273. The number of hydrazine groups is 1. The highest BCUT2D eigenvalue weighted by Crippen LogP contribution is 2.23. The van der Waals surface area contributed by atoms with E-state index in [2.05, 4.69) is 15.2 Å². The van der Waals surface area contributed by atoms with Gasteiger partial charge in [0, 0.05) is 24.5 Å². The van der Waals surface area contributed by atoms with Gasteiger partial charge in [0.15, 0.2) is 11.0 Å². The summed E-state index contributed by atoms with van der Waals surface area (Å²) in [5.74, 6) is 5.45.